The largest absolute Gasteiger partial charge is 0.287 e. The molecule has 2 aromatic carbocycles. The Labute approximate surface area is 109 Å². The van der Waals surface area contributed by atoms with E-state index in [1.807, 2.05) is 24.3 Å². The van der Waals surface area contributed by atoms with Crippen molar-refractivity contribution >= 4 is 16.7 Å². The number of fused-ring (bicyclic) bond motifs is 1. The maximum atomic E-state index is 13.2. The number of ketones is 1. The van der Waals surface area contributed by atoms with E-state index in [1.165, 1.54) is 18.2 Å². The molecule has 3 aromatic rings. The molecule has 0 spiro atoms. The molecule has 19 heavy (non-hydrogen) atoms. The molecule has 94 valence electrons. The summed E-state index contributed by atoms with van der Waals surface area (Å²) in [7, 11) is 1.78. The third-order valence-electron chi connectivity index (χ3n) is 3.06. The number of para-hydroxylation sites is 1. The van der Waals surface area contributed by atoms with Crippen molar-refractivity contribution in [2.45, 2.75) is 0 Å². The Kier molecular flexibility index (Phi) is 2.63. The van der Waals surface area contributed by atoms with Gasteiger partial charge >= 0.3 is 0 Å². The van der Waals surface area contributed by atoms with Gasteiger partial charge in [0.25, 0.3) is 0 Å². The number of aromatic nitrogens is 2. The first-order chi connectivity index (χ1) is 9.16. The van der Waals surface area contributed by atoms with Crippen molar-refractivity contribution in [2.75, 3.05) is 0 Å². The van der Waals surface area contributed by atoms with Crippen LogP contribution in [0.3, 0.4) is 0 Å². The second kappa shape index (κ2) is 4.31. The maximum absolute atomic E-state index is 13.2. The minimum Gasteiger partial charge on any atom is -0.287 e. The standard InChI is InChI=1S/C15H11FN2O/c1-18-13-8-3-2-7-12(13)14(17-18)15(19)10-5-4-6-11(16)9-10/h2-9H,1H3. The van der Waals surface area contributed by atoms with Crippen molar-refractivity contribution < 1.29 is 9.18 Å². The van der Waals surface area contributed by atoms with Crippen LogP contribution in [0.15, 0.2) is 48.5 Å². The van der Waals surface area contributed by atoms with E-state index in [2.05, 4.69) is 5.10 Å². The van der Waals surface area contributed by atoms with E-state index in [9.17, 15) is 9.18 Å². The Morgan fingerprint density at radius 3 is 2.74 bits per heavy atom. The third kappa shape index (κ3) is 1.91. The normalized spacial score (nSPS) is 10.8. The number of carbonyl (C=O) groups excluding carboxylic acids is 1. The highest BCUT2D eigenvalue weighted by Crippen LogP contribution is 2.20. The molecule has 0 aliphatic rings. The molecule has 0 radical (unpaired) electrons. The highest BCUT2D eigenvalue weighted by molar-refractivity contribution is 6.14. The first-order valence-corrected chi connectivity index (χ1v) is 5.89. The number of aryl methyl sites for hydroxylation is 1. The van der Waals surface area contributed by atoms with Crippen LogP contribution in [-0.4, -0.2) is 15.6 Å². The molecule has 3 rings (SSSR count). The molecule has 0 atom stereocenters. The Hall–Kier alpha value is -2.49. The zero-order valence-corrected chi connectivity index (χ0v) is 10.3. The number of hydrogen-bond donors (Lipinski definition) is 0. The van der Waals surface area contributed by atoms with Crippen molar-refractivity contribution in [1.29, 1.82) is 0 Å². The Balaban J connectivity index is 2.17. The number of benzene rings is 2. The third-order valence-corrected chi connectivity index (χ3v) is 3.06. The topological polar surface area (TPSA) is 34.9 Å². The molecule has 0 aliphatic carbocycles. The Morgan fingerprint density at radius 2 is 1.95 bits per heavy atom. The van der Waals surface area contributed by atoms with Gasteiger partial charge in [-0.3, -0.25) is 9.48 Å². The van der Waals surface area contributed by atoms with Crippen LogP contribution in [0.2, 0.25) is 0 Å². The molecule has 4 heteroatoms. The predicted octanol–water partition coefficient (Wildman–Crippen LogP) is 2.94. The molecular formula is C15H11FN2O. The molecular weight excluding hydrogens is 243 g/mol. The summed E-state index contributed by atoms with van der Waals surface area (Å²) < 4.78 is 14.8. The quantitative estimate of drug-likeness (QED) is 0.659. The monoisotopic (exact) mass is 254 g/mol. The van der Waals surface area contributed by atoms with Crippen molar-refractivity contribution in [3.8, 4) is 0 Å². The van der Waals surface area contributed by atoms with Crippen molar-refractivity contribution in [3.05, 3.63) is 65.6 Å². The van der Waals surface area contributed by atoms with Crippen LogP contribution in [-0.2, 0) is 7.05 Å². The molecule has 0 aliphatic heterocycles. The van der Waals surface area contributed by atoms with Crippen molar-refractivity contribution in [2.24, 2.45) is 7.05 Å². The molecule has 0 saturated heterocycles. The second-order valence-electron chi connectivity index (χ2n) is 4.33. The van der Waals surface area contributed by atoms with E-state index < -0.39 is 5.82 Å². The van der Waals surface area contributed by atoms with Crippen LogP contribution in [0, 0.1) is 5.82 Å². The molecule has 1 aromatic heterocycles. The van der Waals surface area contributed by atoms with Gasteiger partial charge < -0.3 is 0 Å². The second-order valence-corrected chi connectivity index (χ2v) is 4.33. The summed E-state index contributed by atoms with van der Waals surface area (Å²) in [6, 6.07) is 13.1. The van der Waals surface area contributed by atoms with Gasteiger partial charge in [0.05, 0.1) is 5.52 Å². The van der Waals surface area contributed by atoms with Gasteiger partial charge in [0.1, 0.15) is 11.5 Å². The summed E-state index contributed by atoms with van der Waals surface area (Å²) in [4.78, 5) is 12.4. The van der Waals surface area contributed by atoms with Gasteiger partial charge in [-0.2, -0.15) is 5.10 Å². The maximum Gasteiger partial charge on any atom is 0.213 e. The summed E-state index contributed by atoms with van der Waals surface area (Å²) >= 11 is 0. The van der Waals surface area contributed by atoms with E-state index in [1.54, 1.807) is 17.8 Å². The lowest BCUT2D eigenvalue weighted by Crippen LogP contribution is -2.04. The van der Waals surface area contributed by atoms with Crippen molar-refractivity contribution in [1.82, 2.24) is 9.78 Å². The predicted molar refractivity (Wildman–Crippen MR) is 70.5 cm³/mol. The summed E-state index contributed by atoms with van der Waals surface area (Å²) in [5.41, 5.74) is 1.54. The summed E-state index contributed by atoms with van der Waals surface area (Å²) in [5, 5.41) is 5.02. The van der Waals surface area contributed by atoms with E-state index in [0.717, 1.165) is 10.9 Å². The SMILES string of the molecule is Cn1nc(C(=O)c2cccc(F)c2)c2ccccc21. The van der Waals surface area contributed by atoms with Gasteiger partial charge in [-0.05, 0) is 18.2 Å². The van der Waals surface area contributed by atoms with Gasteiger partial charge in [-0.15, -0.1) is 0 Å². The molecule has 0 N–H and O–H groups in total. The first-order valence-electron chi connectivity index (χ1n) is 5.89. The average Bonchev–Trinajstić information content (AvgIpc) is 2.76. The average molecular weight is 254 g/mol. The van der Waals surface area contributed by atoms with Crippen LogP contribution >= 0.6 is 0 Å². The highest BCUT2D eigenvalue weighted by atomic mass is 19.1. The van der Waals surface area contributed by atoms with Gasteiger partial charge in [-0.25, -0.2) is 4.39 Å². The van der Waals surface area contributed by atoms with Crippen LogP contribution in [0.4, 0.5) is 4.39 Å². The number of carbonyl (C=O) groups is 1. The first kappa shape index (κ1) is 11.6. The number of hydrogen-bond acceptors (Lipinski definition) is 2. The Bertz CT molecular complexity index is 777. The molecule has 3 nitrogen and oxygen atoms in total. The minimum absolute atomic E-state index is 0.267. The molecule has 1 heterocycles. The van der Waals surface area contributed by atoms with E-state index in [0.29, 0.717) is 11.3 Å². The van der Waals surface area contributed by atoms with Crippen LogP contribution < -0.4 is 0 Å². The lowest BCUT2D eigenvalue weighted by Gasteiger charge is -1.98. The molecule has 0 amide bonds. The zero-order chi connectivity index (χ0) is 13.4. The lowest BCUT2D eigenvalue weighted by molar-refractivity contribution is 0.103. The highest BCUT2D eigenvalue weighted by Gasteiger charge is 2.17. The van der Waals surface area contributed by atoms with Gasteiger partial charge in [0.2, 0.25) is 5.78 Å². The van der Waals surface area contributed by atoms with E-state index in [-0.39, 0.29) is 5.78 Å². The number of nitrogens with zero attached hydrogens (tertiary/aromatic N) is 2. The van der Waals surface area contributed by atoms with Gasteiger partial charge in [0, 0.05) is 18.0 Å². The molecule has 0 fully saturated rings. The fourth-order valence-electron chi connectivity index (χ4n) is 2.15. The van der Waals surface area contributed by atoms with Crippen LogP contribution in [0.25, 0.3) is 10.9 Å². The molecule has 0 saturated carbocycles. The smallest absolute Gasteiger partial charge is 0.213 e. The van der Waals surface area contributed by atoms with Crippen LogP contribution in [0.1, 0.15) is 16.1 Å². The van der Waals surface area contributed by atoms with Crippen LogP contribution in [0.5, 0.6) is 0 Å². The fourth-order valence-corrected chi connectivity index (χ4v) is 2.15. The number of rotatable bonds is 2. The van der Waals surface area contributed by atoms with Crippen molar-refractivity contribution in [3.63, 3.8) is 0 Å². The summed E-state index contributed by atoms with van der Waals surface area (Å²) in [5.74, 6) is -0.692. The fraction of sp³-hybridized carbons (Fsp3) is 0.0667. The lowest BCUT2D eigenvalue weighted by atomic mass is 10.1. The summed E-state index contributed by atoms with van der Waals surface area (Å²) in [6.07, 6.45) is 0. The summed E-state index contributed by atoms with van der Waals surface area (Å²) in [6.45, 7) is 0. The van der Waals surface area contributed by atoms with E-state index in [4.69, 9.17) is 0 Å². The Morgan fingerprint density at radius 1 is 1.16 bits per heavy atom. The number of halogens is 1. The molecule has 0 bridgehead atoms. The van der Waals surface area contributed by atoms with E-state index >= 15 is 0 Å². The molecule has 0 unspecified atom stereocenters. The zero-order valence-electron chi connectivity index (χ0n) is 10.3. The van der Waals surface area contributed by atoms with Gasteiger partial charge in [-0.1, -0.05) is 30.3 Å². The van der Waals surface area contributed by atoms with Gasteiger partial charge in [0.15, 0.2) is 0 Å². The minimum atomic E-state index is -0.425.